The van der Waals surface area contributed by atoms with Gasteiger partial charge >= 0.3 is 0 Å². The number of hydrogen-bond donors (Lipinski definition) is 1. The first-order valence-electron chi connectivity index (χ1n) is 5.18. The third kappa shape index (κ3) is 3.41. The topological polar surface area (TPSA) is 40.2 Å². The van der Waals surface area contributed by atoms with E-state index < -0.39 is 0 Å². The number of rotatable bonds is 4. The molecule has 17 heavy (non-hydrogen) atoms. The van der Waals surface area contributed by atoms with E-state index in [0.717, 1.165) is 5.82 Å². The zero-order valence-electron chi connectivity index (χ0n) is 9.28. The van der Waals surface area contributed by atoms with E-state index >= 15 is 0 Å². The van der Waals surface area contributed by atoms with E-state index in [1.54, 1.807) is 6.20 Å². The standard InChI is InChI=1S/C12H14N3O.ClH/c16-11-10-15(12-6-2-3-7-13-12)14-8-4-1-5-9-14;/h1-9,16H,10-11H2;1H/q+1;/p-1. The molecule has 0 fully saturated rings. The van der Waals surface area contributed by atoms with Crippen molar-refractivity contribution in [2.45, 2.75) is 0 Å². The largest absolute Gasteiger partial charge is 1.00 e. The molecule has 5 heteroatoms. The summed E-state index contributed by atoms with van der Waals surface area (Å²) in [7, 11) is 0. The van der Waals surface area contributed by atoms with Crippen LogP contribution in [0.1, 0.15) is 0 Å². The fourth-order valence-corrected chi connectivity index (χ4v) is 1.50. The second-order valence-electron chi connectivity index (χ2n) is 3.29. The molecule has 0 aliphatic heterocycles. The molecule has 0 aliphatic carbocycles. The normalized spacial score (nSPS) is 9.47. The molecule has 0 aromatic carbocycles. The Hall–Kier alpha value is -1.65. The van der Waals surface area contributed by atoms with E-state index in [-0.39, 0.29) is 19.0 Å². The first-order chi connectivity index (χ1) is 7.92. The van der Waals surface area contributed by atoms with E-state index in [4.69, 9.17) is 5.11 Å². The lowest BCUT2D eigenvalue weighted by atomic mass is 10.4. The highest BCUT2D eigenvalue weighted by atomic mass is 35.5. The summed E-state index contributed by atoms with van der Waals surface area (Å²) in [4.78, 5) is 4.27. The number of nitrogens with zero attached hydrogens (tertiary/aromatic N) is 3. The van der Waals surface area contributed by atoms with Crippen molar-refractivity contribution in [2.75, 3.05) is 18.2 Å². The Balaban J connectivity index is 0.00000144. The fraction of sp³-hybridized carbons (Fsp3) is 0.167. The minimum Gasteiger partial charge on any atom is -1.00 e. The maximum Gasteiger partial charge on any atom is 0.200 e. The lowest BCUT2D eigenvalue weighted by Gasteiger charge is -2.14. The van der Waals surface area contributed by atoms with Crippen LogP contribution in [0.15, 0.2) is 55.0 Å². The average Bonchev–Trinajstić information content (AvgIpc) is 2.38. The van der Waals surface area contributed by atoms with Crippen LogP contribution in [0.4, 0.5) is 5.82 Å². The van der Waals surface area contributed by atoms with E-state index in [0.29, 0.717) is 6.54 Å². The van der Waals surface area contributed by atoms with Crippen molar-refractivity contribution >= 4 is 5.82 Å². The second kappa shape index (κ2) is 6.83. The highest BCUT2D eigenvalue weighted by Crippen LogP contribution is 2.05. The van der Waals surface area contributed by atoms with Crippen LogP contribution in [0.3, 0.4) is 0 Å². The van der Waals surface area contributed by atoms with Crippen molar-refractivity contribution in [1.29, 1.82) is 0 Å². The van der Waals surface area contributed by atoms with Crippen molar-refractivity contribution in [3.8, 4) is 0 Å². The van der Waals surface area contributed by atoms with Gasteiger partial charge in [-0.2, -0.15) is 0 Å². The number of pyridine rings is 2. The third-order valence-corrected chi connectivity index (χ3v) is 2.20. The van der Waals surface area contributed by atoms with Crippen LogP contribution in [-0.4, -0.2) is 23.2 Å². The van der Waals surface area contributed by atoms with Crippen LogP contribution < -0.4 is 22.1 Å². The molecule has 90 valence electrons. The Morgan fingerprint density at radius 1 is 1.12 bits per heavy atom. The molecule has 0 bridgehead atoms. The van der Waals surface area contributed by atoms with Crippen molar-refractivity contribution in [3.63, 3.8) is 0 Å². The summed E-state index contributed by atoms with van der Waals surface area (Å²) >= 11 is 0. The Bertz CT molecular complexity index is 385. The van der Waals surface area contributed by atoms with Crippen LogP contribution in [0.2, 0.25) is 0 Å². The van der Waals surface area contributed by atoms with Crippen LogP contribution in [0.25, 0.3) is 0 Å². The molecule has 0 unspecified atom stereocenters. The van der Waals surface area contributed by atoms with Crippen LogP contribution in [0.5, 0.6) is 0 Å². The Kier molecular flexibility index (Phi) is 5.39. The zero-order chi connectivity index (χ0) is 11.2. The Morgan fingerprint density at radius 3 is 2.47 bits per heavy atom. The summed E-state index contributed by atoms with van der Waals surface area (Å²) < 4.78 is 1.90. The van der Waals surface area contributed by atoms with Gasteiger partial charge in [-0.1, -0.05) is 16.8 Å². The van der Waals surface area contributed by atoms with Gasteiger partial charge in [0.1, 0.15) is 6.54 Å². The van der Waals surface area contributed by atoms with Gasteiger partial charge in [-0.3, -0.25) is 0 Å². The first-order valence-corrected chi connectivity index (χ1v) is 5.18. The molecule has 2 aromatic rings. The summed E-state index contributed by atoms with van der Waals surface area (Å²) in [5.41, 5.74) is 0. The lowest BCUT2D eigenvalue weighted by Crippen LogP contribution is -3.00. The number of aliphatic hydroxyl groups is 1. The molecule has 1 N–H and O–H groups in total. The number of aliphatic hydroxyl groups excluding tert-OH is 1. The van der Waals surface area contributed by atoms with Crippen molar-refractivity contribution in [1.82, 2.24) is 4.98 Å². The predicted octanol–water partition coefficient (Wildman–Crippen LogP) is -2.36. The Morgan fingerprint density at radius 2 is 1.88 bits per heavy atom. The van der Waals surface area contributed by atoms with Crippen molar-refractivity contribution in [2.24, 2.45) is 0 Å². The fourth-order valence-electron chi connectivity index (χ4n) is 1.50. The SMILES string of the molecule is OCCN(c1ccccn1)[n+]1ccccc1.[Cl-]. The Labute approximate surface area is 107 Å². The van der Waals surface area contributed by atoms with Crippen LogP contribution >= 0.6 is 0 Å². The van der Waals surface area contributed by atoms with E-state index in [1.807, 2.05) is 58.5 Å². The summed E-state index contributed by atoms with van der Waals surface area (Å²) in [6.45, 7) is 0.587. The van der Waals surface area contributed by atoms with Gasteiger partial charge < -0.3 is 17.5 Å². The van der Waals surface area contributed by atoms with E-state index in [2.05, 4.69) is 4.98 Å². The zero-order valence-corrected chi connectivity index (χ0v) is 10.0. The van der Waals surface area contributed by atoms with Crippen molar-refractivity contribution < 1.29 is 22.2 Å². The lowest BCUT2D eigenvalue weighted by molar-refractivity contribution is -0.684. The summed E-state index contributed by atoms with van der Waals surface area (Å²) in [6.07, 6.45) is 5.58. The van der Waals surface area contributed by atoms with Crippen LogP contribution in [0, 0.1) is 0 Å². The number of anilines is 1. The maximum atomic E-state index is 9.08. The molecule has 0 atom stereocenters. The van der Waals surface area contributed by atoms with Crippen molar-refractivity contribution in [3.05, 3.63) is 55.0 Å². The van der Waals surface area contributed by atoms with E-state index in [9.17, 15) is 0 Å². The molecule has 2 heterocycles. The quantitative estimate of drug-likeness (QED) is 0.618. The molecule has 0 aliphatic rings. The first kappa shape index (κ1) is 13.4. The number of halogens is 1. The van der Waals surface area contributed by atoms with Gasteiger partial charge in [0.15, 0.2) is 18.2 Å². The maximum absolute atomic E-state index is 9.08. The van der Waals surface area contributed by atoms with Gasteiger partial charge in [0.25, 0.3) is 0 Å². The summed E-state index contributed by atoms with van der Waals surface area (Å²) in [5.74, 6) is 0.813. The molecule has 0 spiro atoms. The highest BCUT2D eigenvalue weighted by molar-refractivity contribution is 5.33. The summed E-state index contributed by atoms with van der Waals surface area (Å²) in [6, 6.07) is 11.5. The molecule has 0 saturated carbocycles. The summed E-state index contributed by atoms with van der Waals surface area (Å²) in [5, 5.41) is 11.0. The van der Waals surface area contributed by atoms with Gasteiger partial charge in [-0.15, -0.1) is 5.01 Å². The molecule has 2 aromatic heterocycles. The molecule has 0 amide bonds. The van der Waals surface area contributed by atoms with Crippen LogP contribution in [-0.2, 0) is 0 Å². The molecular weight excluding hydrogens is 238 g/mol. The smallest absolute Gasteiger partial charge is 0.200 e. The van der Waals surface area contributed by atoms with E-state index in [1.165, 1.54) is 0 Å². The van der Waals surface area contributed by atoms with Gasteiger partial charge in [-0.05, 0) is 12.1 Å². The molecular formula is C12H14ClN3O. The van der Waals surface area contributed by atoms with Gasteiger partial charge in [0.05, 0.1) is 6.61 Å². The second-order valence-corrected chi connectivity index (χ2v) is 3.29. The highest BCUT2D eigenvalue weighted by Gasteiger charge is 2.15. The monoisotopic (exact) mass is 251 g/mol. The minimum atomic E-state index is 0. The van der Waals surface area contributed by atoms with Gasteiger partial charge in [-0.25, -0.2) is 4.98 Å². The molecule has 2 rings (SSSR count). The number of hydrogen-bond acceptors (Lipinski definition) is 3. The minimum absolute atomic E-state index is 0. The molecule has 4 nitrogen and oxygen atoms in total. The van der Waals surface area contributed by atoms with Gasteiger partial charge in [0.2, 0.25) is 0 Å². The molecule has 0 saturated heterocycles. The number of aromatic nitrogens is 2. The average molecular weight is 252 g/mol. The molecule has 0 radical (unpaired) electrons. The predicted molar refractivity (Wildman–Crippen MR) is 60.7 cm³/mol. The van der Waals surface area contributed by atoms with Gasteiger partial charge in [0, 0.05) is 18.3 Å². The third-order valence-electron chi connectivity index (χ3n) is 2.20.